The number of amides is 12. The number of carbonyl (C=O) groups is 12. The van der Waals surface area contributed by atoms with Crippen molar-refractivity contribution in [3.63, 3.8) is 0 Å². The number of hydrogen-bond donors (Lipinski definition) is 3. The molecule has 0 unspecified atom stereocenters. The van der Waals surface area contributed by atoms with E-state index in [9.17, 15) is 57.5 Å². The molecule has 0 saturated heterocycles. The molecule has 12 aromatic rings. The monoisotopic (exact) mass is 1810 g/mol. The molecular formula is C111H120N12O12. The van der Waals surface area contributed by atoms with Crippen molar-refractivity contribution in [1.82, 2.24) is 60.0 Å². The molecule has 24 heteroatoms. The second-order valence-electron chi connectivity index (χ2n) is 36.7. The van der Waals surface area contributed by atoms with Crippen LogP contribution in [0, 0.1) is 0 Å². The lowest BCUT2D eigenvalue weighted by Gasteiger charge is -2.31. The summed E-state index contributed by atoms with van der Waals surface area (Å²) < 4.78 is 0. The van der Waals surface area contributed by atoms with Crippen molar-refractivity contribution in [2.24, 2.45) is 0 Å². The van der Waals surface area contributed by atoms with Crippen LogP contribution in [0.2, 0.25) is 0 Å². The van der Waals surface area contributed by atoms with Crippen LogP contribution in [0.1, 0.15) is 249 Å². The minimum Gasteiger partial charge on any atom is -0.317 e. The fraction of sp³-hybridized carbons (Fsp3) is 0.351. The smallest absolute Gasteiger partial charge is 0.262 e. The molecule has 0 aliphatic carbocycles. The molecule has 0 bridgehead atoms. The van der Waals surface area contributed by atoms with Crippen molar-refractivity contribution in [3.05, 3.63) is 285 Å². The number of carbonyl (C=O) groups excluding carboxylic acids is 12. The van der Waals surface area contributed by atoms with Gasteiger partial charge in [0, 0.05) is 176 Å². The molecule has 0 fully saturated rings. The lowest BCUT2D eigenvalue weighted by Crippen LogP contribution is -2.46. The van der Waals surface area contributed by atoms with Gasteiger partial charge in [-0.25, -0.2) is 0 Å². The molecule has 12 aromatic carbocycles. The number of imide groups is 6. The quantitative estimate of drug-likeness (QED) is 0.0237. The van der Waals surface area contributed by atoms with Gasteiger partial charge in [0.15, 0.2) is 0 Å². The number of benzene rings is 12. The Morgan fingerprint density at radius 3 is 0.607 bits per heavy atom. The van der Waals surface area contributed by atoms with Gasteiger partial charge in [-0.15, -0.1) is 0 Å². The highest BCUT2D eigenvalue weighted by Gasteiger charge is 2.40. The summed E-state index contributed by atoms with van der Waals surface area (Å²) in [5, 5.41) is 20.2. The van der Waals surface area contributed by atoms with Gasteiger partial charge in [-0.1, -0.05) is 184 Å². The molecule has 3 N–H and O–H groups in total. The Labute approximate surface area is 788 Å². The molecule has 0 radical (unpaired) electrons. The molecule has 18 rings (SSSR count). The van der Waals surface area contributed by atoms with Crippen LogP contribution in [0.15, 0.2) is 218 Å². The Balaban J connectivity index is 0.000000147. The van der Waals surface area contributed by atoms with Crippen molar-refractivity contribution >= 4 is 136 Å². The number of nitrogens with one attached hydrogen (secondary N) is 3. The second kappa shape index (κ2) is 43.4. The SMILES string of the molecule is CC(C)N(CCCCCCNCCCN1C(=O)c2cccc3cccc(c23)C1=O)CCN1C(=O)c2cccc3cccc(c23)C1=O.CC(C)N(CCCCCCNCCN1C(=O)c2cccc3cccc(c23)C1=O)CCN1C(=O)c2cccc3cccc(c23)C1=O.CC(C)N(CCCCCCNCN1C(=O)c2cccc3cccc(c23)C1=O)CCN1C(=O)c2cccc3cccc(c23)C1=O. The van der Waals surface area contributed by atoms with Crippen molar-refractivity contribution in [2.45, 2.75) is 143 Å². The van der Waals surface area contributed by atoms with Crippen LogP contribution in [0.5, 0.6) is 0 Å². The van der Waals surface area contributed by atoms with Gasteiger partial charge < -0.3 is 10.6 Å². The molecule has 696 valence electrons. The van der Waals surface area contributed by atoms with Gasteiger partial charge in [-0.05, 0) is 237 Å². The maximum absolute atomic E-state index is 13.3. The van der Waals surface area contributed by atoms with Crippen LogP contribution in [-0.2, 0) is 0 Å². The van der Waals surface area contributed by atoms with Crippen molar-refractivity contribution in [1.29, 1.82) is 0 Å². The van der Waals surface area contributed by atoms with Gasteiger partial charge in [0.1, 0.15) is 0 Å². The van der Waals surface area contributed by atoms with Crippen LogP contribution in [0.4, 0.5) is 0 Å². The maximum atomic E-state index is 13.3. The predicted molar refractivity (Wildman–Crippen MR) is 530 cm³/mol. The maximum Gasteiger partial charge on any atom is 0.262 e. The van der Waals surface area contributed by atoms with Gasteiger partial charge in [-0.2, -0.15) is 0 Å². The predicted octanol–water partition coefficient (Wildman–Crippen LogP) is 17.6. The molecule has 6 aliphatic rings. The Morgan fingerprint density at radius 2 is 0.378 bits per heavy atom. The van der Waals surface area contributed by atoms with Crippen molar-refractivity contribution in [3.8, 4) is 0 Å². The Hall–Kier alpha value is -13.2. The van der Waals surface area contributed by atoms with Gasteiger partial charge in [0.2, 0.25) is 0 Å². The second-order valence-corrected chi connectivity index (χ2v) is 36.7. The van der Waals surface area contributed by atoms with E-state index < -0.39 is 0 Å². The van der Waals surface area contributed by atoms with Gasteiger partial charge >= 0.3 is 0 Å². The average molecular weight is 1810 g/mol. The van der Waals surface area contributed by atoms with Crippen molar-refractivity contribution < 1.29 is 57.5 Å². The van der Waals surface area contributed by atoms with E-state index in [1.54, 1.807) is 24.3 Å². The number of rotatable bonds is 42. The van der Waals surface area contributed by atoms with E-state index in [1.807, 2.05) is 194 Å². The molecule has 0 aromatic heterocycles. The van der Waals surface area contributed by atoms with E-state index in [0.29, 0.717) is 151 Å². The fourth-order valence-corrected chi connectivity index (χ4v) is 20.0. The van der Waals surface area contributed by atoms with Crippen molar-refractivity contribution in [2.75, 3.05) is 111 Å². The molecule has 6 heterocycles. The largest absolute Gasteiger partial charge is 0.317 e. The summed E-state index contributed by atoms with van der Waals surface area (Å²) in [6.07, 6.45) is 13.2. The molecular weight excluding hydrogens is 1690 g/mol. The van der Waals surface area contributed by atoms with Gasteiger partial charge in [-0.3, -0.25) is 107 Å². The van der Waals surface area contributed by atoms with E-state index in [4.69, 9.17) is 0 Å². The van der Waals surface area contributed by atoms with Gasteiger partial charge in [0.25, 0.3) is 70.9 Å². The van der Waals surface area contributed by atoms with E-state index in [1.165, 1.54) is 29.4 Å². The minimum absolute atomic E-state index is 0.191. The summed E-state index contributed by atoms with van der Waals surface area (Å²) in [4.78, 5) is 173. The first-order valence-corrected chi connectivity index (χ1v) is 48.2. The molecule has 24 nitrogen and oxygen atoms in total. The van der Waals surface area contributed by atoms with E-state index >= 15 is 0 Å². The normalized spacial score (nSPS) is 14.6. The van der Waals surface area contributed by atoms with Crippen LogP contribution >= 0.6 is 0 Å². The molecule has 0 saturated carbocycles. The molecule has 0 spiro atoms. The first-order chi connectivity index (χ1) is 65.6. The fourth-order valence-electron chi connectivity index (χ4n) is 20.0. The molecule has 0 atom stereocenters. The number of unbranched alkanes of at least 4 members (excludes halogenated alkanes) is 9. The first-order valence-electron chi connectivity index (χ1n) is 48.2. The summed E-state index contributed by atoms with van der Waals surface area (Å²) in [6.45, 7) is 23.3. The lowest BCUT2D eigenvalue weighted by molar-refractivity contribution is 0.0569. The third kappa shape index (κ3) is 20.3. The van der Waals surface area contributed by atoms with Crippen LogP contribution in [0.25, 0.3) is 64.6 Å². The summed E-state index contributed by atoms with van der Waals surface area (Å²) in [6, 6.07) is 68.2. The Bertz CT molecular complexity index is 6280. The lowest BCUT2D eigenvalue weighted by atomic mass is 9.94. The third-order valence-electron chi connectivity index (χ3n) is 27.3. The standard InChI is InChI=1S/C38H42N4O4.C37H40N4O4.C36H38N4O4/c1-26(2)40(24-25-42-37(45)31-18-9-14-28-15-10-19-32(34(28)31)38(42)46)22-6-4-3-5-20-39-21-11-23-41-35(43)29-16-7-12-27-13-8-17-30(33(27)29)36(41)44;1-25(2)39(23-24-41-36(44)30-17-9-13-27-14-10-18-31(33(27)30)37(41)45)21-6-4-3-5-19-38-20-22-40-34(42)28-15-7-11-26-12-8-16-29(32(26)28)35(40)43;1-24(2)38(21-22-39-33(41)27-15-7-11-25-12-8-16-28(31(25)27)34(39)42)20-6-4-3-5-19-37-23-40-35(43)29-17-9-13-26-14-10-18-30(32(26)29)36(40)44/h7-10,12-19,26,39H,3-6,11,20-25H2,1-2H3;7-18,25,38H,3-6,19-24H2,1-2H3;7-18,24,37H,3-6,19-23H2,1-2H3. The van der Waals surface area contributed by atoms with E-state index in [0.717, 1.165) is 181 Å². The summed E-state index contributed by atoms with van der Waals surface area (Å²) in [7, 11) is 0. The topological polar surface area (TPSA) is 270 Å². The Kier molecular flexibility index (Phi) is 30.6. The highest BCUT2D eigenvalue weighted by Crippen LogP contribution is 2.38. The number of nitrogens with zero attached hydrogens (tertiary/aromatic N) is 9. The Morgan fingerprint density at radius 1 is 0.193 bits per heavy atom. The number of hydrogen-bond acceptors (Lipinski definition) is 18. The van der Waals surface area contributed by atoms with E-state index in [-0.39, 0.29) is 83.6 Å². The van der Waals surface area contributed by atoms with Crippen LogP contribution < -0.4 is 16.0 Å². The minimum atomic E-state index is -0.255. The zero-order valence-corrected chi connectivity index (χ0v) is 78.2. The van der Waals surface area contributed by atoms with E-state index in [2.05, 4.69) is 72.2 Å². The zero-order valence-electron chi connectivity index (χ0n) is 78.2. The summed E-state index contributed by atoms with van der Waals surface area (Å²) >= 11 is 0. The molecule has 135 heavy (non-hydrogen) atoms. The van der Waals surface area contributed by atoms with Crippen LogP contribution in [-0.4, -0.2) is 244 Å². The summed E-state index contributed by atoms with van der Waals surface area (Å²) in [5.41, 5.74) is 7.15. The highest BCUT2D eigenvalue weighted by atomic mass is 16.2. The average Bonchev–Trinajstić information content (AvgIpc) is 0.777. The molecule has 6 aliphatic heterocycles. The van der Waals surface area contributed by atoms with Crippen LogP contribution in [0.3, 0.4) is 0 Å². The summed E-state index contributed by atoms with van der Waals surface area (Å²) in [5.74, 6) is -2.64. The first kappa shape index (κ1) is 95.0. The van der Waals surface area contributed by atoms with Gasteiger partial charge in [0.05, 0.1) is 6.67 Å². The molecule has 12 amide bonds. The third-order valence-corrected chi connectivity index (χ3v) is 27.3. The zero-order chi connectivity index (χ0) is 94.5. The highest BCUT2D eigenvalue weighted by molar-refractivity contribution is 6.30.